The molecule has 0 aliphatic rings. The molecule has 0 heterocycles. The Balaban J connectivity index is 4.13. The van der Waals surface area contributed by atoms with Crippen molar-refractivity contribution >= 4 is 0 Å². The van der Waals surface area contributed by atoms with Crippen molar-refractivity contribution in [3.63, 3.8) is 0 Å². The second kappa shape index (κ2) is 5.36. The first kappa shape index (κ1) is 10.7. The second-order valence-electron chi connectivity index (χ2n) is 3.39. The standard InChI is InChI=1S/C10H20O/c1-5-10(8(2)3)9(4)6-7-11/h6,8,10-11H,5,7H2,1-4H3/b9-6+. The summed E-state index contributed by atoms with van der Waals surface area (Å²) in [5.74, 6) is 1.32. The Morgan fingerprint density at radius 1 is 1.45 bits per heavy atom. The molecule has 0 fully saturated rings. The van der Waals surface area contributed by atoms with Crippen LogP contribution in [0, 0.1) is 11.8 Å². The van der Waals surface area contributed by atoms with Crippen LogP contribution in [0.4, 0.5) is 0 Å². The highest BCUT2D eigenvalue weighted by atomic mass is 16.2. The third kappa shape index (κ3) is 3.57. The Morgan fingerprint density at radius 2 is 2.00 bits per heavy atom. The molecule has 1 N–H and O–H groups in total. The summed E-state index contributed by atoms with van der Waals surface area (Å²) < 4.78 is 0. The largest absolute Gasteiger partial charge is 0.392 e. The summed E-state index contributed by atoms with van der Waals surface area (Å²) in [6, 6.07) is 0. The Morgan fingerprint density at radius 3 is 2.27 bits per heavy atom. The van der Waals surface area contributed by atoms with Crippen LogP contribution in [-0.2, 0) is 0 Å². The molecule has 0 amide bonds. The van der Waals surface area contributed by atoms with Crippen molar-refractivity contribution in [2.75, 3.05) is 6.61 Å². The van der Waals surface area contributed by atoms with E-state index in [4.69, 9.17) is 5.11 Å². The molecule has 0 radical (unpaired) electrons. The average molecular weight is 156 g/mol. The van der Waals surface area contributed by atoms with Crippen molar-refractivity contribution in [3.05, 3.63) is 11.6 Å². The summed E-state index contributed by atoms with van der Waals surface area (Å²) in [5.41, 5.74) is 1.32. The maximum atomic E-state index is 8.69. The molecule has 11 heavy (non-hydrogen) atoms. The maximum absolute atomic E-state index is 8.69. The van der Waals surface area contributed by atoms with Crippen molar-refractivity contribution in [1.82, 2.24) is 0 Å². The van der Waals surface area contributed by atoms with E-state index in [1.165, 1.54) is 12.0 Å². The van der Waals surface area contributed by atoms with Crippen LogP contribution in [0.5, 0.6) is 0 Å². The summed E-state index contributed by atoms with van der Waals surface area (Å²) >= 11 is 0. The van der Waals surface area contributed by atoms with Gasteiger partial charge in [-0.1, -0.05) is 32.4 Å². The van der Waals surface area contributed by atoms with E-state index in [0.717, 1.165) is 0 Å². The lowest BCUT2D eigenvalue weighted by Crippen LogP contribution is -2.09. The summed E-state index contributed by atoms with van der Waals surface area (Å²) in [4.78, 5) is 0. The van der Waals surface area contributed by atoms with Gasteiger partial charge in [0, 0.05) is 0 Å². The van der Waals surface area contributed by atoms with Gasteiger partial charge in [0.05, 0.1) is 6.61 Å². The summed E-state index contributed by atoms with van der Waals surface area (Å²) in [6.07, 6.45) is 3.08. The minimum atomic E-state index is 0.176. The molecule has 0 spiro atoms. The molecule has 0 saturated carbocycles. The van der Waals surface area contributed by atoms with Crippen molar-refractivity contribution < 1.29 is 5.11 Å². The number of rotatable bonds is 4. The molecule has 0 aliphatic carbocycles. The van der Waals surface area contributed by atoms with Crippen LogP contribution < -0.4 is 0 Å². The molecule has 66 valence electrons. The van der Waals surface area contributed by atoms with Crippen LogP contribution in [0.15, 0.2) is 11.6 Å². The van der Waals surface area contributed by atoms with Gasteiger partial charge in [0.15, 0.2) is 0 Å². The zero-order valence-electron chi connectivity index (χ0n) is 8.09. The third-order valence-electron chi connectivity index (χ3n) is 2.24. The number of aliphatic hydroxyl groups is 1. The van der Waals surface area contributed by atoms with Gasteiger partial charge in [-0.3, -0.25) is 0 Å². The predicted octanol–water partition coefficient (Wildman–Crippen LogP) is 2.61. The highest BCUT2D eigenvalue weighted by Gasteiger charge is 2.11. The SMILES string of the molecule is CCC(/C(C)=C/CO)C(C)C. The second-order valence-corrected chi connectivity index (χ2v) is 3.39. The fourth-order valence-corrected chi connectivity index (χ4v) is 1.61. The van der Waals surface area contributed by atoms with Crippen molar-refractivity contribution in [2.45, 2.75) is 34.1 Å². The fraction of sp³-hybridized carbons (Fsp3) is 0.800. The fourth-order valence-electron chi connectivity index (χ4n) is 1.61. The summed E-state index contributed by atoms with van der Waals surface area (Å²) in [7, 11) is 0. The van der Waals surface area contributed by atoms with Gasteiger partial charge in [-0.25, -0.2) is 0 Å². The van der Waals surface area contributed by atoms with Gasteiger partial charge >= 0.3 is 0 Å². The summed E-state index contributed by atoms with van der Waals surface area (Å²) in [5, 5.41) is 8.69. The molecule has 0 aliphatic heterocycles. The molecular weight excluding hydrogens is 136 g/mol. The summed E-state index contributed by atoms with van der Waals surface area (Å²) in [6.45, 7) is 8.92. The molecule has 0 saturated heterocycles. The molecular formula is C10H20O. The van der Waals surface area contributed by atoms with E-state index in [1.807, 2.05) is 6.08 Å². The van der Waals surface area contributed by atoms with Gasteiger partial charge in [0.1, 0.15) is 0 Å². The van der Waals surface area contributed by atoms with Crippen LogP contribution in [0.3, 0.4) is 0 Å². The normalized spacial score (nSPS) is 15.6. The molecule has 1 heteroatoms. The molecule has 0 aromatic heterocycles. The quantitative estimate of drug-likeness (QED) is 0.620. The van der Waals surface area contributed by atoms with Crippen molar-refractivity contribution in [2.24, 2.45) is 11.8 Å². The first-order valence-electron chi connectivity index (χ1n) is 4.41. The highest BCUT2D eigenvalue weighted by Crippen LogP contribution is 2.22. The van der Waals surface area contributed by atoms with Gasteiger partial charge in [-0.05, 0) is 25.2 Å². The molecule has 0 aromatic carbocycles. The molecule has 1 nitrogen and oxygen atoms in total. The molecule has 0 bridgehead atoms. The van der Waals surface area contributed by atoms with Crippen molar-refractivity contribution in [1.29, 1.82) is 0 Å². The third-order valence-corrected chi connectivity index (χ3v) is 2.24. The van der Waals surface area contributed by atoms with Crippen LogP contribution in [-0.4, -0.2) is 11.7 Å². The number of hydrogen-bond donors (Lipinski definition) is 1. The lowest BCUT2D eigenvalue weighted by molar-refractivity contribution is 0.337. The van der Waals surface area contributed by atoms with Crippen LogP contribution >= 0.6 is 0 Å². The van der Waals surface area contributed by atoms with E-state index < -0.39 is 0 Å². The molecule has 1 unspecified atom stereocenters. The van der Waals surface area contributed by atoms with E-state index in [-0.39, 0.29) is 6.61 Å². The topological polar surface area (TPSA) is 20.2 Å². The zero-order valence-corrected chi connectivity index (χ0v) is 8.09. The van der Waals surface area contributed by atoms with Crippen molar-refractivity contribution in [3.8, 4) is 0 Å². The smallest absolute Gasteiger partial charge is 0.0615 e. The van der Waals surface area contributed by atoms with E-state index in [2.05, 4.69) is 27.7 Å². The number of hydrogen-bond acceptors (Lipinski definition) is 1. The van der Waals surface area contributed by atoms with Gasteiger partial charge in [-0.2, -0.15) is 0 Å². The van der Waals surface area contributed by atoms with E-state index in [1.54, 1.807) is 0 Å². The number of aliphatic hydroxyl groups excluding tert-OH is 1. The molecule has 1 atom stereocenters. The first-order chi connectivity index (χ1) is 5.13. The maximum Gasteiger partial charge on any atom is 0.0615 e. The zero-order chi connectivity index (χ0) is 8.85. The van der Waals surface area contributed by atoms with E-state index in [9.17, 15) is 0 Å². The Hall–Kier alpha value is -0.300. The lowest BCUT2D eigenvalue weighted by atomic mass is 9.87. The van der Waals surface area contributed by atoms with Gasteiger partial charge in [0.2, 0.25) is 0 Å². The predicted molar refractivity (Wildman–Crippen MR) is 49.5 cm³/mol. The highest BCUT2D eigenvalue weighted by molar-refractivity contribution is 5.03. The van der Waals surface area contributed by atoms with Gasteiger partial charge < -0.3 is 5.11 Å². The van der Waals surface area contributed by atoms with Gasteiger partial charge in [0.25, 0.3) is 0 Å². The van der Waals surface area contributed by atoms with Gasteiger partial charge in [-0.15, -0.1) is 0 Å². The lowest BCUT2D eigenvalue weighted by Gasteiger charge is -2.19. The van der Waals surface area contributed by atoms with E-state index in [0.29, 0.717) is 11.8 Å². The average Bonchev–Trinajstić information content (AvgIpc) is 1.88. The minimum Gasteiger partial charge on any atom is -0.392 e. The molecule has 0 rings (SSSR count). The van der Waals surface area contributed by atoms with Crippen LogP contribution in [0.1, 0.15) is 34.1 Å². The van der Waals surface area contributed by atoms with Crippen LogP contribution in [0.25, 0.3) is 0 Å². The Labute approximate surface area is 70.1 Å². The number of allylic oxidation sites excluding steroid dienone is 1. The van der Waals surface area contributed by atoms with Crippen LogP contribution in [0.2, 0.25) is 0 Å². The monoisotopic (exact) mass is 156 g/mol. The first-order valence-corrected chi connectivity index (χ1v) is 4.41. The minimum absolute atomic E-state index is 0.176. The van der Waals surface area contributed by atoms with E-state index >= 15 is 0 Å². The Kier molecular flexibility index (Phi) is 5.22. The Bertz CT molecular complexity index is 125. The molecule has 0 aromatic rings.